The summed E-state index contributed by atoms with van der Waals surface area (Å²) >= 11 is 3.45. The van der Waals surface area contributed by atoms with Crippen LogP contribution in [0.1, 0.15) is 0 Å². The third kappa shape index (κ3) is 1.85. The van der Waals surface area contributed by atoms with Crippen molar-refractivity contribution in [1.29, 1.82) is 0 Å². The van der Waals surface area contributed by atoms with Gasteiger partial charge in [-0.05, 0) is 18.2 Å². The normalized spacial score (nSPS) is 15.0. The molecule has 3 nitrogen and oxygen atoms in total. The van der Waals surface area contributed by atoms with Crippen LogP contribution in [-0.2, 0) is 4.79 Å². The molecular weight excluding hydrogens is 268 g/mol. The van der Waals surface area contributed by atoms with Crippen LogP contribution >= 0.6 is 15.9 Å². The number of carbonyl (C=O) groups is 1. The maximum Gasteiger partial charge on any atom is 0.246 e. The lowest BCUT2D eigenvalue weighted by molar-refractivity contribution is -0.117. The van der Waals surface area contributed by atoms with E-state index in [1.54, 1.807) is 11.9 Å². The molecule has 0 atom stereocenters. The summed E-state index contributed by atoms with van der Waals surface area (Å²) < 4.78 is 1.02. The maximum absolute atomic E-state index is 11.8. The van der Waals surface area contributed by atoms with Crippen LogP contribution < -0.4 is 9.80 Å². The first-order chi connectivity index (χ1) is 7.63. The number of hydrogen-bond acceptors (Lipinski definition) is 2. The molecule has 0 spiro atoms. The highest BCUT2D eigenvalue weighted by Crippen LogP contribution is 2.34. The molecule has 0 aliphatic carbocycles. The summed E-state index contributed by atoms with van der Waals surface area (Å²) in [6, 6.07) is 5.92. The van der Waals surface area contributed by atoms with E-state index in [-0.39, 0.29) is 5.91 Å². The predicted octanol–water partition coefficient (Wildman–Crippen LogP) is 2.42. The summed E-state index contributed by atoms with van der Waals surface area (Å²) in [5.74, 6) is 0.108. The minimum Gasteiger partial charge on any atom is -0.357 e. The highest BCUT2D eigenvalue weighted by molar-refractivity contribution is 9.10. The van der Waals surface area contributed by atoms with E-state index < -0.39 is 0 Å². The summed E-state index contributed by atoms with van der Waals surface area (Å²) in [6.45, 7) is 4.81. The van der Waals surface area contributed by atoms with Gasteiger partial charge in [-0.3, -0.25) is 4.79 Å². The SMILES string of the molecule is C=CCN1CC(=O)N(C)c2ccc(Br)cc21. The highest BCUT2D eigenvalue weighted by atomic mass is 79.9. The number of fused-ring (bicyclic) bond motifs is 1. The predicted molar refractivity (Wildman–Crippen MR) is 70.0 cm³/mol. The molecule has 0 saturated carbocycles. The van der Waals surface area contributed by atoms with E-state index in [4.69, 9.17) is 0 Å². The van der Waals surface area contributed by atoms with Gasteiger partial charge >= 0.3 is 0 Å². The first-order valence-corrected chi connectivity index (χ1v) is 5.84. The molecule has 1 amide bonds. The number of anilines is 2. The average molecular weight is 281 g/mol. The zero-order chi connectivity index (χ0) is 11.7. The Morgan fingerprint density at radius 1 is 1.50 bits per heavy atom. The van der Waals surface area contributed by atoms with Gasteiger partial charge in [-0.1, -0.05) is 22.0 Å². The molecule has 84 valence electrons. The van der Waals surface area contributed by atoms with Crippen molar-refractivity contribution < 1.29 is 4.79 Å². The Bertz CT molecular complexity index is 445. The average Bonchev–Trinajstić information content (AvgIpc) is 2.26. The van der Waals surface area contributed by atoms with Crippen molar-refractivity contribution in [1.82, 2.24) is 0 Å². The van der Waals surface area contributed by atoms with Crippen LogP contribution in [0, 0.1) is 0 Å². The molecule has 1 heterocycles. The first kappa shape index (κ1) is 11.2. The minimum atomic E-state index is 0.108. The van der Waals surface area contributed by atoms with Gasteiger partial charge in [0.1, 0.15) is 0 Å². The minimum absolute atomic E-state index is 0.108. The first-order valence-electron chi connectivity index (χ1n) is 5.05. The van der Waals surface area contributed by atoms with E-state index in [2.05, 4.69) is 22.5 Å². The quantitative estimate of drug-likeness (QED) is 0.777. The lowest BCUT2D eigenvalue weighted by atomic mass is 10.1. The van der Waals surface area contributed by atoms with Crippen molar-refractivity contribution in [2.45, 2.75) is 0 Å². The van der Waals surface area contributed by atoms with Crippen molar-refractivity contribution >= 4 is 33.2 Å². The summed E-state index contributed by atoms with van der Waals surface area (Å²) in [7, 11) is 1.81. The monoisotopic (exact) mass is 280 g/mol. The van der Waals surface area contributed by atoms with Crippen LogP contribution in [0.15, 0.2) is 35.3 Å². The second-order valence-electron chi connectivity index (χ2n) is 3.75. The summed E-state index contributed by atoms with van der Waals surface area (Å²) in [6.07, 6.45) is 1.81. The summed E-state index contributed by atoms with van der Waals surface area (Å²) in [5.41, 5.74) is 2.01. The van der Waals surface area contributed by atoms with Gasteiger partial charge in [-0.2, -0.15) is 0 Å². The van der Waals surface area contributed by atoms with Crippen LogP contribution in [0.3, 0.4) is 0 Å². The Kier molecular flexibility index (Phi) is 3.01. The second kappa shape index (κ2) is 4.29. The number of likely N-dealkylation sites (N-methyl/N-ethyl adjacent to an activating group) is 1. The Morgan fingerprint density at radius 3 is 2.94 bits per heavy atom. The van der Waals surface area contributed by atoms with Gasteiger partial charge in [0.25, 0.3) is 0 Å². The van der Waals surface area contributed by atoms with Crippen LogP contribution in [0.2, 0.25) is 0 Å². The molecule has 1 aromatic carbocycles. The number of rotatable bonds is 2. The van der Waals surface area contributed by atoms with Crippen LogP contribution in [0.4, 0.5) is 11.4 Å². The fraction of sp³-hybridized carbons (Fsp3) is 0.250. The van der Waals surface area contributed by atoms with Crippen molar-refractivity contribution in [3.8, 4) is 0 Å². The molecule has 1 aliphatic heterocycles. The highest BCUT2D eigenvalue weighted by Gasteiger charge is 2.25. The molecule has 0 unspecified atom stereocenters. The van der Waals surface area contributed by atoms with Gasteiger partial charge in [0.2, 0.25) is 5.91 Å². The standard InChI is InChI=1S/C12H13BrN2O/c1-3-6-15-8-12(16)14(2)10-5-4-9(13)7-11(10)15/h3-5,7H,1,6,8H2,2H3. The Hall–Kier alpha value is -1.29. The Labute approximate surface area is 103 Å². The zero-order valence-electron chi connectivity index (χ0n) is 9.11. The van der Waals surface area contributed by atoms with Gasteiger partial charge in [-0.25, -0.2) is 0 Å². The molecule has 16 heavy (non-hydrogen) atoms. The van der Waals surface area contributed by atoms with Crippen LogP contribution in [0.25, 0.3) is 0 Å². The molecule has 0 fully saturated rings. The van der Waals surface area contributed by atoms with Gasteiger partial charge in [0.15, 0.2) is 0 Å². The van der Waals surface area contributed by atoms with Gasteiger partial charge in [-0.15, -0.1) is 6.58 Å². The number of carbonyl (C=O) groups excluding carboxylic acids is 1. The van der Waals surface area contributed by atoms with Crippen LogP contribution in [-0.4, -0.2) is 26.0 Å². The van der Waals surface area contributed by atoms with E-state index in [1.165, 1.54) is 0 Å². The maximum atomic E-state index is 11.8. The van der Waals surface area contributed by atoms with Gasteiger partial charge < -0.3 is 9.80 Å². The molecule has 0 bridgehead atoms. The summed E-state index contributed by atoms with van der Waals surface area (Å²) in [4.78, 5) is 15.5. The van der Waals surface area contributed by atoms with E-state index in [0.717, 1.165) is 15.8 Å². The van der Waals surface area contributed by atoms with Gasteiger partial charge in [0.05, 0.1) is 17.9 Å². The largest absolute Gasteiger partial charge is 0.357 e. The number of hydrogen-bond donors (Lipinski definition) is 0. The molecule has 1 aromatic rings. The lowest BCUT2D eigenvalue weighted by Gasteiger charge is -2.35. The Balaban J connectivity index is 2.49. The van der Waals surface area contributed by atoms with E-state index >= 15 is 0 Å². The molecular formula is C12H13BrN2O. The Morgan fingerprint density at radius 2 is 2.25 bits per heavy atom. The van der Waals surface area contributed by atoms with E-state index in [1.807, 2.05) is 29.2 Å². The molecule has 0 radical (unpaired) electrons. The number of nitrogens with zero attached hydrogens (tertiary/aromatic N) is 2. The fourth-order valence-corrected chi connectivity index (χ4v) is 2.19. The molecule has 0 N–H and O–H groups in total. The van der Waals surface area contributed by atoms with Gasteiger partial charge in [0, 0.05) is 18.1 Å². The van der Waals surface area contributed by atoms with Crippen LogP contribution in [0.5, 0.6) is 0 Å². The van der Waals surface area contributed by atoms with E-state index in [0.29, 0.717) is 13.1 Å². The third-order valence-corrected chi connectivity index (χ3v) is 3.18. The third-order valence-electron chi connectivity index (χ3n) is 2.69. The molecule has 4 heteroatoms. The molecule has 1 aliphatic rings. The zero-order valence-corrected chi connectivity index (χ0v) is 10.7. The van der Waals surface area contributed by atoms with E-state index in [9.17, 15) is 4.79 Å². The number of benzene rings is 1. The lowest BCUT2D eigenvalue weighted by Crippen LogP contribution is -2.43. The number of amides is 1. The van der Waals surface area contributed by atoms with Crippen molar-refractivity contribution in [3.63, 3.8) is 0 Å². The smallest absolute Gasteiger partial charge is 0.246 e. The fourth-order valence-electron chi connectivity index (χ4n) is 1.84. The topological polar surface area (TPSA) is 23.6 Å². The summed E-state index contributed by atoms with van der Waals surface area (Å²) in [5, 5.41) is 0. The molecule has 2 rings (SSSR count). The van der Waals surface area contributed by atoms with Crippen molar-refractivity contribution in [3.05, 3.63) is 35.3 Å². The van der Waals surface area contributed by atoms with Crippen molar-refractivity contribution in [2.24, 2.45) is 0 Å². The second-order valence-corrected chi connectivity index (χ2v) is 4.67. The molecule has 0 aromatic heterocycles. The number of halogens is 1. The molecule has 0 saturated heterocycles. The van der Waals surface area contributed by atoms with Crippen molar-refractivity contribution in [2.75, 3.05) is 29.9 Å².